The van der Waals surface area contributed by atoms with E-state index in [0.29, 0.717) is 0 Å². The molecule has 0 radical (unpaired) electrons. The number of nitrogens with zero attached hydrogens (tertiary/aromatic N) is 1. The highest BCUT2D eigenvalue weighted by molar-refractivity contribution is 6.00. The van der Waals surface area contributed by atoms with Gasteiger partial charge in [-0.2, -0.15) is 0 Å². The number of amides is 1. The van der Waals surface area contributed by atoms with E-state index in [4.69, 9.17) is 5.11 Å². The average Bonchev–Trinajstić information content (AvgIpc) is 2.65. The van der Waals surface area contributed by atoms with Gasteiger partial charge in [0.05, 0.1) is 5.92 Å². The summed E-state index contributed by atoms with van der Waals surface area (Å²) in [5, 5.41) is 9.07. The van der Waals surface area contributed by atoms with Crippen molar-refractivity contribution in [2.75, 3.05) is 4.90 Å². The minimum Gasteiger partial charge on any atom is -0.481 e. The number of anilines is 1. The van der Waals surface area contributed by atoms with Crippen LogP contribution in [0.2, 0.25) is 0 Å². The highest BCUT2D eigenvalue weighted by Crippen LogP contribution is 2.31. The van der Waals surface area contributed by atoms with E-state index in [-0.39, 0.29) is 18.4 Å². The van der Waals surface area contributed by atoms with Crippen LogP contribution >= 0.6 is 0 Å². The molecule has 1 aliphatic heterocycles. The summed E-state index contributed by atoms with van der Waals surface area (Å²) in [4.78, 5) is 24.6. The van der Waals surface area contributed by atoms with Crippen LogP contribution in [0.25, 0.3) is 0 Å². The summed E-state index contributed by atoms with van der Waals surface area (Å²) < 4.78 is 0. The van der Waals surface area contributed by atoms with Crippen LogP contribution in [0.4, 0.5) is 5.69 Å². The Bertz CT molecular complexity index is 466. The van der Waals surface area contributed by atoms with E-state index in [0.717, 1.165) is 12.1 Å². The van der Waals surface area contributed by atoms with Gasteiger partial charge in [-0.3, -0.25) is 9.59 Å². The van der Waals surface area contributed by atoms with Gasteiger partial charge in [-0.1, -0.05) is 19.1 Å². The van der Waals surface area contributed by atoms with Crippen LogP contribution in [0, 0.1) is 5.92 Å². The second-order valence-corrected chi connectivity index (χ2v) is 4.67. The van der Waals surface area contributed by atoms with Crippen molar-refractivity contribution in [3.8, 4) is 0 Å². The number of carbonyl (C=O) groups excluding carboxylic acids is 1. The van der Waals surface area contributed by atoms with Crippen LogP contribution in [0.3, 0.4) is 0 Å². The summed E-state index contributed by atoms with van der Waals surface area (Å²) in [6, 6.07) is 7.43. The molecule has 1 saturated heterocycles. The number of carboxylic acids is 1. The molecule has 1 aromatic carbocycles. The summed E-state index contributed by atoms with van der Waals surface area (Å²) in [5.41, 5.74) is 1.99. The van der Waals surface area contributed by atoms with Crippen LogP contribution in [0.15, 0.2) is 24.3 Å². The number of hydrogen-bond acceptors (Lipinski definition) is 2. The third-order valence-corrected chi connectivity index (χ3v) is 3.59. The molecule has 4 nitrogen and oxygen atoms in total. The third kappa shape index (κ3) is 2.10. The lowest BCUT2D eigenvalue weighted by molar-refractivity contribution is -0.142. The molecule has 1 aromatic rings. The van der Waals surface area contributed by atoms with Crippen molar-refractivity contribution in [3.05, 3.63) is 29.8 Å². The molecule has 2 atom stereocenters. The highest BCUT2D eigenvalue weighted by Gasteiger charge is 2.41. The highest BCUT2D eigenvalue weighted by atomic mass is 16.4. The Morgan fingerprint density at radius 1 is 1.39 bits per heavy atom. The van der Waals surface area contributed by atoms with Crippen LogP contribution in [0.5, 0.6) is 0 Å². The maximum atomic E-state index is 11.9. The zero-order chi connectivity index (χ0) is 13.3. The fourth-order valence-electron chi connectivity index (χ4n) is 2.43. The quantitative estimate of drug-likeness (QED) is 0.889. The number of aryl methyl sites for hydroxylation is 1. The summed E-state index contributed by atoms with van der Waals surface area (Å²) in [5.74, 6) is -1.62. The zero-order valence-electron chi connectivity index (χ0n) is 10.6. The number of rotatable bonds is 3. The van der Waals surface area contributed by atoms with Crippen molar-refractivity contribution >= 4 is 17.6 Å². The summed E-state index contributed by atoms with van der Waals surface area (Å²) in [6.45, 7) is 3.86. The molecule has 2 rings (SSSR count). The molecule has 1 heterocycles. The molecule has 4 heteroatoms. The van der Waals surface area contributed by atoms with E-state index in [2.05, 4.69) is 6.92 Å². The van der Waals surface area contributed by atoms with Gasteiger partial charge in [0, 0.05) is 18.2 Å². The fraction of sp³-hybridized carbons (Fsp3) is 0.429. The fourth-order valence-corrected chi connectivity index (χ4v) is 2.43. The maximum absolute atomic E-state index is 11.9. The second kappa shape index (κ2) is 4.80. The Labute approximate surface area is 106 Å². The SMILES string of the molecule is CCc1ccc(N2C(=O)CC(C(=O)O)C2C)cc1. The van der Waals surface area contributed by atoms with Gasteiger partial charge in [0.2, 0.25) is 5.91 Å². The molecule has 1 fully saturated rings. The molecule has 0 bridgehead atoms. The number of hydrogen-bond donors (Lipinski definition) is 1. The Balaban J connectivity index is 2.26. The van der Waals surface area contributed by atoms with Crippen molar-refractivity contribution in [1.82, 2.24) is 0 Å². The van der Waals surface area contributed by atoms with Gasteiger partial charge < -0.3 is 10.0 Å². The molecule has 0 spiro atoms. The molecule has 2 unspecified atom stereocenters. The second-order valence-electron chi connectivity index (χ2n) is 4.67. The van der Waals surface area contributed by atoms with Crippen LogP contribution in [-0.4, -0.2) is 23.0 Å². The van der Waals surface area contributed by atoms with Crippen molar-refractivity contribution in [2.45, 2.75) is 32.7 Å². The molecule has 0 aliphatic carbocycles. The van der Waals surface area contributed by atoms with Gasteiger partial charge in [0.25, 0.3) is 0 Å². The Morgan fingerprint density at radius 3 is 2.44 bits per heavy atom. The molecular weight excluding hydrogens is 230 g/mol. The van der Waals surface area contributed by atoms with Crippen molar-refractivity contribution in [1.29, 1.82) is 0 Å². The monoisotopic (exact) mass is 247 g/mol. The first-order valence-electron chi connectivity index (χ1n) is 6.18. The van der Waals surface area contributed by atoms with E-state index < -0.39 is 11.9 Å². The topological polar surface area (TPSA) is 57.6 Å². The predicted molar refractivity (Wildman–Crippen MR) is 68.5 cm³/mol. The minimum absolute atomic E-state index is 0.0893. The molecule has 1 amide bonds. The lowest BCUT2D eigenvalue weighted by atomic mass is 10.0. The molecule has 18 heavy (non-hydrogen) atoms. The zero-order valence-corrected chi connectivity index (χ0v) is 10.6. The number of aliphatic carboxylic acids is 1. The number of benzene rings is 1. The first-order chi connectivity index (χ1) is 8.54. The van der Waals surface area contributed by atoms with E-state index >= 15 is 0 Å². The van der Waals surface area contributed by atoms with Gasteiger partial charge in [-0.05, 0) is 31.0 Å². The van der Waals surface area contributed by atoms with Crippen molar-refractivity contribution < 1.29 is 14.7 Å². The molecule has 96 valence electrons. The van der Waals surface area contributed by atoms with Gasteiger partial charge in [-0.25, -0.2) is 0 Å². The molecule has 0 saturated carbocycles. The Hall–Kier alpha value is -1.84. The maximum Gasteiger partial charge on any atom is 0.309 e. The Morgan fingerprint density at radius 2 is 2.00 bits per heavy atom. The minimum atomic E-state index is -0.900. The normalized spacial score (nSPS) is 23.4. The smallest absolute Gasteiger partial charge is 0.309 e. The predicted octanol–water partition coefficient (Wildman–Crippen LogP) is 2.08. The molecule has 1 N–H and O–H groups in total. The molecule has 0 aromatic heterocycles. The summed E-state index contributed by atoms with van der Waals surface area (Å²) >= 11 is 0. The average molecular weight is 247 g/mol. The molecule has 1 aliphatic rings. The van der Waals surface area contributed by atoms with E-state index in [1.807, 2.05) is 24.3 Å². The van der Waals surface area contributed by atoms with E-state index in [1.165, 1.54) is 5.56 Å². The van der Waals surface area contributed by atoms with Crippen molar-refractivity contribution in [2.24, 2.45) is 5.92 Å². The summed E-state index contributed by atoms with van der Waals surface area (Å²) in [7, 11) is 0. The Kier molecular flexibility index (Phi) is 3.36. The van der Waals surface area contributed by atoms with Gasteiger partial charge in [-0.15, -0.1) is 0 Å². The largest absolute Gasteiger partial charge is 0.481 e. The van der Waals surface area contributed by atoms with Gasteiger partial charge >= 0.3 is 5.97 Å². The standard InChI is InChI=1S/C14H17NO3/c1-3-10-4-6-11(7-5-10)15-9(2)12(14(17)18)8-13(15)16/h4-7,9,12H,3,8H2,1-2H3,(H,17,18). The van der Waals surface area contributed by atoms with E-state index in [9.17, 15) is 9.59 Å². The number of carboxylic acid groups (broad SMARTS) is 1. The number of carbonyl (C=O) groups is 2. The van der Waals surface area contributed by atoms with Crippen LogP contribution in [0.1, 0.15) is 25.8 Å². The van der Waals surface area contributed by atoms with Crippen LogP contribution < -0.4 is 4.90 Å². The lowest BCUT2D eigenvalue weighted by Crippen LogP contribution is -2.34. The first-order valence-corrected chi connectivity index (χ1v) is 6.18. The third-order valence-electron chi connectivity index (χ3n) is 3.59. The van der Waals surface area contributed by atoms with E-state index in [1.54, 1.807) is 11.8 Å². The first kappa shape index (κ1) is 12.6. The lowest BCUT2D eigenvalue weighted by Gasteiger charge is -2.23. The summed E-state index contributed by atoms with van der Waals surface area (Å²) in [6.07, 6.45) is 1.04. The molecular formula is C14H17NO3. The van der Waals surface area contributed by atoms with Gasteiger partial charge in [0.1, 0.15) is 0 Å². The van der Waals surface area contributed by atoms with Gasteiger partial charge in [0.15, 0.2) is 0 Å². The van der Waals surface area contributed by atoms with Crippen LogP contribution in [-0.2, 0) is 16.0 Å². The van der Waals surface area contributed by atoms with Crippen molar-refractivity contribution in [3.63, 3.8) is 0 Å².